The number of hydrogen-bond donors (Lipinski definition) is 1. The molecule has 8 heteroatoms. The van der Waals surface area contributed by atoms with Crippen molar-refractivity contribution in [1.29, 1.82) is 0 Å². The van der Waals surface area contributed by atoms with Gasteiger partial charge in [0.25, 0.3) is 0 Å². The van der Waals surface area contributed by atoms with Crippen LogP contribution in [-0.4, -0.2) is 32.2 Å². The Morgan fingerprint density at radius 2 is 1.97 bits per heavy atom. The number of carbonyl (C=O) groups excluding carboxylic acids is 1. The summed E-state index contributed by atoms with van der Waals surface area (Å²) in [7, 11) is 0. The molecular weight excluding hydrogens is 386 g/mol. The Bertz CT molecular complexity index is 1190. The van der Waals surface area contributed by atoms with Crippen molar-refractivity contribution in [2.45, 2.75) is 19.4 Å². The zero-order valence-electron chi connectivity index (χ0n) is 15.6. The maximum absolute atomic E-state index is 12.3. The summed E-state index contributed by atoms with van der Waals surface area (Å²) in [5, 5.41) is 10.6. The van der Waals surface area contributed by atoms with Crippen LogP contribution >= 0.6 is 11.3 Å². The molecule has 0 atom stereocenters. The maximum Gasteiger partial charge on any atom is 0.241 e. The van der Waals surface area contributed by atoms with Crippen LogP contribution in [0.4, 0.5) is 0 Å². The molecule has 4 rings (SSSR count). The molecule has 146 valence electrons. The number of nitrogens with zero attached hydrogens (tertiary/aromatic N) is 4. The van der Waals surface area contributed by atoms with E-state index in [9.17, 15) is 9.59 Å². The van der Waals surface area contributed by atoms with E-state index in [1.165, 1.54) is 6.20 Å². The minimum atomic E-state index is -0.146. The predicted molar refractivity (Wildman–Crippen MR) is 113 cm³/mol. The van der Waals surface area contributed by atoms with E-state index in [1.54, 1.807) is 46.6 Å². The normalized spacial score (nSPS) is 10.9. The van der Waals surface area contributed by atoms with Crippen molar-refractivity contribution in [3.63, 3.8) is 0 Å². The van der Waals surface area contributed by atoms with Crippen LogP contribution in [0.5, 0.6) is 0 Å². The Hall–Kier alpha value is -3.39. The molecule has 0 spiro atoms. The summed E-state index contributed by atoms with van der Waals surface area (Å²) in [6.07, 6.45) is 6.36. The summed E-state index contributed by atoms with van der Waals surface area (Å²) in [5.41, 5.74) is 2.51. The minimum absolute atomic E-state index is 0.0736. The van der Waals surface area contributed by atoms with E-state index in [1.807, 2.05) is 23.6 Å². The SMILES string of the molecule is O=C(Cn1ncc(=O)c2ccccc21)NCCCc1nc(-c2ccncc2)cs1. The first-order valence-electron chi connectivity index (χ1n) is 9.27. The predicted octanol–water partition coefficient (Wildman–Crippen LogP) is 2.66. The Kier molecular flexibility index (Phi) is 5.71. The van der Waals surface area contributed by atoms with E-state index < -0.39 is 0 Å². The van der Waals surface area contributed by atoms with E-state index in [4.69, 9.17) is 0 Å². The van der Waals surface area contributed by atoms with Crippen LogP contribution < -0.4 is 10.7 Å². The third-order valence-corrected chi connectivity index (χ3v) is 5.38. The Labute approximate surface area is 171 Å². The molecule has 1 N–H and O–H groups in total. The monoisotopic (exact) mass is 405 g/mol. The molecule has 29 heavy (non-hydrogen) atoms. The lowest BCUT2D eigenvalue weighted by molar-refractivity contribution is -0.121. The van der Waals surface area contributed by atoms with E-state index in [2.05, 4.69) is 20.4 Å². The fourth-order valence-electron chi connectivity index (χ4n) is 3.03. The van der Waals surface area contributed by atoms with Crippen LogP contribution in [0.15, 0.2) is 65.2 Å². The Morgan fingerprint density at radius 1 is 1.14 bits per heavy atom. The van der Waals surface area contributed by atoms with Gasteiger partial charge in [-0.05, 0) is 30.7 Å². The van der Waals surface area contributed by atoms with Gasteiger partial charge in [-0.2, -0.15) is 5.10 Å². The van der Waals surface area contributed by atoms with Gasteiger partial charge in [-0.3, -0.25) is 19.3 Å². The van der Waals surface area contributed by atoms with Crippen molar-refractivity contribution in [2.75, 3.05) is 6.54 Å². The third-order valence-electron chi connectivity index (χ3n) is 4.47. The molecule has 0 unspecified atom stereocenters. The van der Waals surface area contributed by atoms with Crippen LogP contribution in [0.3, 0.4) is 0 Å². The number of benzene rings is 1. The van der Waals surface area contributed by atoms with Gasteiger partial charge in [-0.15, -0.1) is 11.3 Å². The summed E-state index contributed by atoms with van der Waals surface area (Å²) in [5.74, 6) is -0.136. The van der Waals surface area contributed by atoms with Gasteiger partial charge >= 0.3 is 0 Å². The standard InChI is InChI=1S/C21H19N5O2S/c27-19-12-24-26(18-5-2-1-4-16(18)19)13-20(28)23-9-3-6-21-25-17(14-29-21)15-7-10-22-11-8-15/h1-2,4-5,7-8,10-12,14H,3,6,9,13H2,(H,23,28). The molecular formula is C21H19N5O2S. The largest absolute Gasteiger partial charge is 0.354 e. The molecule has 0 saturated heterocycles. The average molecular weight is 405 g/mol. The molecule has 0 saturated carbocycles. The van der Waals surface area contributed by atoms with Crippen molar-refractivity contribution < 1.29 is 4.79 Å². The lowest BCUT2D eigenvalue weighted by Gasteiger charge is -2.09. The van der Waals surface area contributed by atoms with Crippen LogP contribution in [0, 0.1) is 0 Å². The first kappa shape index (κ1) is 18.9. The van der Waals surface area contributed by atoms with Crippen LogP contribution in [0.1, 0.15) is 11.4 Å². The number of rotatable bonds is 7. The molecule has 0 fully saturated rings. The highest BCUT2D eigenvalue weighted by Gasteiger charge is 2.08. The van der Waals surface area contributed by atoms with Crippen LogP contribution in [-0.2, 0) is 17.8 Å². The summed E-state index contributed by atoms with van der Waals surface area (Å²) < 4.78 is 1.55. The van der Waals surface area contributed by atoms with E-state index >= 15 is 0 Å². The molecule has 0 aliphatic rings. The van der Waals surface area contributed by atoms with E-state index in [0.717, 1.165) is 29.1 Å². The second-order valence-electron chi connectivity index (χ2n) is 6.50. The molecule has 0 radical (unpaired) electrons. The number of para-hydroxylation sites is 1. The second-order valence-corrected chi connectivity index (χ2v) is 7.44. The highest BCUT2D eigenvalue weighted by molar-refractivity contribution is 7.09. The number of carbonyl (C=O) groups is 1. The highest BCUT2D eigenvalue weighted by Crippen LogP contribution is 2.21. The lowest BCUT2D eigenvalue weighted by Crippen LogP contribution is -2.30. The van der Waals surface area contributed by atoms with Crippen molar-refractivity contribution in [1.82, 2.24) is 25.1 Å². The first-order chi connectivity index (χ1) is 14.2. The summed E-state index contributed by atoms with van der Waals surface area (Å²) >= 11 is 1.62. The summed E-state index contributed by atoms with van der Waals surface area (Å²) in [4.78, 5) is 32.8. The van der Waals surface area contributed by atoms with Crippen LogP contribution in [0.25, 0.3) is 22.2 Å². The number of aryl methyl sites for hydroxylation is 1. The molecule has 1 aromatic carbocycles. The van der Waals surface area contributed by atoms with Gasteiger partial charge in [-0.1, -0.05) is 12.1 Å². The van der Waals surface area contributed by atoms with Gasteiger partial charge in [0.15, 0.2) is 0 Å². The first-order valence-corrected chi connectivity index (χ1v) is 10.1. The number of aromatic nitrogens is 4. The number of nitrogens with one attached hydrogen (secondary N) is 1. The fraction of sp³-hybridized carbons (Fsp3) is 0.190. The number of pyridine rings is 1. The minimum Gasteiger partial charge on any atom is -0.354 e. The molecule has 0 bridgehead atoms. The third kappa shape index (κ3) is 4.55. The molecule has 3 aromatic heterocycles. The highest BCUT2D eigenvalue weighted by atomic mass is 32.1. The number of thiazole rings is 1. The van der Waals surface area contributed by atoms with Gasteiger partial charge in [-0.25, -0.2) is 4.98 Å². The van der Waals surface area contributed by atoms with Gasteiger partial charge in [0.05, 0.1) is 22.4 Å². The number of hydrogen-bond acceptors (Lipinski definition) is 6. The Balaban J connectivity index is 1.29. The Morgan fingerprint density at radius 3 is 2.83 bits per heavy atom. The molecule has 1 amide bonds. The molecule has 0 aliphatic heterocycles. The van der Waals surface area contributed by atoms with E-state index in [-0.39, 0.29) is 17.9 Å². The fourth-order valence-corrected chi connectivity index (χ4v) is 3.88. The quantitative estimate of drug-likeness (QED) is 0.478. The van der Waals surface area contributed by atoms with Crippen LogP contribution in [0.2, 0.25) is 0 Å². The van der Waals surface area contributed by atoms with Gasteiger partial charge in [0.1, 0.15) is 6.54 Å². The zero-order valence-corrected chi connectivity index (χ0v) is 16.4. The van der Waals surface area contributed by atoms with Crippen molar-refractivity contribution in [2.24, 2.45) is 0 Å². The second kappa shape index (κ2) is 8.74. The maximum atomic E-state index is 12.3. The average Bonchev–Trinajstić information content (AvgIpc) is 3.23. The summed E-state index contributed by atoms with van der Waals surface area (Å²) in [6, 6.07) is 11.0. The van der Waals surface area contributed by atoms with Crippen molar-refractivity contribution >= 4 is 28.1 Å². The zero-order chi connectivity index (χ0) is 20.1. The molecule has 3 heterocycles. The smallest absolute Gasteiger partial charge is 0.241 e. The van der Waals surface area contributed by atoms with Gasteiger partial charge < -0.3 is 5.32 Å². The lowest BCUT2D eigenvalue weighted by atomic mass is 10.2. The van der Waals surface area contributed by atoms with Gasteiger partial charge in [0, 0.05) is 41.7 Å². The summed E-state index contributed by atoms with van der Waals surface area (Å²) in [6.45, 7) is 0.630. The number of amides is 1. The topological polar surface area (TPSA) is 89.8 Å². The van der Waals surface area contributed by atoms with Gasteiger partial charge in [0.2, 0.25) is 11.3 Å². The van der Waals surface area contributed by atoms with Crippen molar-refractivity contribution in [3.8, 4) is 11.3 Å². The number of fused-ring (bicyclic) bond motifs is 1. The molecule has 0 aliphatic carbocycles. The van der Waals surface area contributed by atoms with E-state index in [0.29, 0.717) is 17.4 Å². The molecule has 7 nitrogen and oxygen atoms in total. The molecule has 4 aromatic rings. The van der Waals surface area contributed by atoms with Crippen molar-refractivity contribution in [3.05, 3.63) is 75.6 Å².